The number of rotatable bonds is 6. The maximum atomic E-state index is 13.1. The van der Waals surface area contributed by atoms with E-state index in [2.05, 4.69) is 20.6 Å². The third-order valence-corrected chi connectivity index (χ3v) is 4.75. The Labute approximate surface area is 196 Å². The highest BCUT2D eigenvalue weighted by molar-refractivity contribution is 6.30. The van der Waals surface area contributed by atoms with Crippen LogP contribution in [-0.4, -0.2) is 33.6 Å². The van der Waals surface area contributed by atoms with Gasteiger partial charge in [-0.2, -0.15) is 0 Å². The molecule has 0 spiro atoms. The van der Waals surface area contributed by atoms with Gasteiger partial charge in [0, 0.05) is 35.6 Å². The van der Waals surface area contributed by atoms with Crippen LogP contribution in [0.2, 0.25) is 5.02 Å². The normalized spacial score (nSPS) is 12.0. The Morgan fingerprint density at radius 1 is 1.12 bits per heavy atom. The number of halogens is 1. The second kappa shape index (κ2) is 10.3. The van der Waals surface area contributed by atoms with Crippen LogP contribution in [0.25, 0.3) is 11.1 Å². The lowest BCUT2D eigenvalue weighted by Crippen LogP contribution is -2.47. The molecule has 8 nitrogen and oxygen atoms in total. The zero-order valence-electron chi connectivity index (χ0n) is 18.5. The van der Waals surface area contributed by atoms with Crippen LogP contribution in [0.5, 0.6) is 0 Å². The van der Waals surface area contributed by atoms with Gasteiger partial charge in [-0.25, -0.2) is 4.79 Å². The standard InChI is InChI=1S/C24H25ClN4O4/c1-24(2,3)33-23(32)29-19(12-15-5-4-6-18(25)11-15)22(31)28-20-13-17(14-27-21(20)30)16-7-9-26-10-8-16/h4-11,13-14,19H,12H2,1-3H3,(H,27,30)(H,28,31)(H,29,32)/t19-/m0/s1. The molecule has 0 aliphatic carbocycles. The van der Waals surface area contributed by atoms with Crippen molar-refractivity contribution < 1.29 is 14.3 Å². The summed E-state index contributed by atoms with van der Waals surface area (Å²) >= 11 is 6.06. The first kappa shape index (κ1) is 24.0. The van der Waals surface area contributed by atoms with E-state index in [1.807, 2.05) is 0 Å². The molecule has 172 valence electrons. The lowest BCUT2D eigenvalue weighted by Gasteiger charge is -2.23. The third-order valence-electron chi connectivity index (χ3n) is 4.51. The topological polar surface area (TPSA) is 113 Å². The largest absolute Gasteiger partial charge is 0.444 e. The van der Waals surface area contributed by atoms with Gasteiger partial charge in [0.15, 0.2) is 0 Å². The van der Waals surface area contributed by atoms with Gasteiger partial charge in [-0.1, -0.05) is 23.7 Å². The van der Waals surface area contributed by atoms with Crippen LogP contribution < -0.4 is 16.2 Å². The van der Waals surface area contributed by atoms with Crippen molar-refractivity contribution in [2.45, 2.75) is 38.8 Å². The molecule has 1 aromatic carbocycles. The molecule has 0 bridgehead atoms. The van der Waals surface area contributed by atoms with Gasteiger partial charge < -0.3 is 20.4 Å². The first-order valence-electron chi connectivity index (χ1n) is 10.3. The Morgan fingerprint density at radius 3 is 2.52 bits per heavy atom. The molecule has 33 heavy (non-hydrogen) atoms. The predicted octanol–water partition coefficient (Wildman–Crippen LogP) is 4.16. The highest BCUT2D eigenvalue weighted by Crippen LogP contribution is 2.19. The molecule has 0 fully saturated rings. The van der Waals surface area contributed by atoms with Gasteiger partial charge in [0.25, 0.3) is 5.56 Å². The Bertz CT molecular complexity index is 1190. The van der Waals surface area contributed by atoms with Crippen molar-refractivity contribution in [3.63, 3.8) is 0 Å². The van der Waals surface area contributed by atoms with E-state index in [1.165, 1.54) is 0 Å². The third kappa shape index (κ3) is 7.18. The highest BCUT2D eigenvalue weighted by atomic mass is 35.5. The first-order valence-corrected chi connectivity index (χ1v) is 10.7. The number of amides is 2. The summed E-state index contributed by atoms with van der Waals surface area (Å²) in [7, 11) is 0. The predicted molar refractivity (Wildman–Crippen MR) is 127 cm³/mol. The number of benzene rings is 1. The molecule has 1 atom stereocenters. The second-order valence-corrected chi connectivity index (χ2v) is 8.83. The fourth-order valence-corrected chi connectivity index (χ4v) is 3.28. The van der Waals surface area contributed by atoms with Crippen LogP contribution in [-0.2, 0) is 16.0 Å². The van der Waals surface area contributed by atoms with Crippen molar-refractivity contribution in [2.24, 2.45) is 0 Å². The van der Waals surface area contributed by atoms with Crippen LogP contribution in [0.4, 0.5) is 10.5 Å². The minimum Gasteiger partial charge on any atom is -0.444 e. The molecule has 2 aromatic heterocycles. The lowest BCUT2D eigenvalue weighted by molar-refractivity contribution is -0.118. The van der Waals surface area contributed by atoms with Crippen LogP contribution >= 0.6 is 11.6 Å². The molecule has 0 saturated carbocycles. The number of carbonyl (C=O) groups is 2. The number of H-pyrrole nitrogens is 1. The van der Waals surface area contributed by atoms with Crippen molar-refractivity contribution in [3.05, 3.63) is 82.0 Å². The van der Waals surface area contributed by atoms with Crippen molar-refractivity contribution in [1.29, 1.82) is 0 Å². The quantitative estimate of drug-likeness (QED) is 0.502. The summed E-state index contributed by atoms with van der Waals surface area (Å²) in [5.41, 5.74) is 1.09. The van der Waals surface area contributed by atoms with Gasteiger partial charge >= 0.3 is 6.09 Å². The number of anilines is 1. The molecule has 0 unspecified atom stereocenters. The van der Waals surface area contributed by atoms with Crippen molar-refractivity contribution in [2.75, 3.05) is 5.32 Å². The first-order chi connectivity index (χ1) is 15.6. The molecular weight excluding hydrogens is 444 g/mol. The number of aromatic nitrogens is 2. The Hall–Kier alpha value is -3.65. The number of ether oxygens (including phenoxy) is 1. The Kier molecular flexibility index (Phi) is 7.50. The molecule has 0 saturated heterocycles. The summed E-state index contributed by atoms with van der Waals surface area (Å²) in [4.78, 5) is 44.5. The molecule has 0 aliphatic heterocycles. The van der Waals surface area contributed by atoms with Gasteiger partial charge in [0.1, 0.15) is 17.3 Å². The average molecular weight is 469 g/mol. The summed E-state index contributed by atoms with van der Waals surface area (Å²) in [6.45, 7) is 5.17. The number of pyridine rings is 2. The van der Waals surface area contributed by atoms with Crippen LogP contribution in [0, 0.1) is 0 Å². The van der Waals surface area contributed by atoms with Gasteiger partial charge in [-0.15, -0.1) is 0 Å². The Morgan fingerprint density at radius 2 is 1.85 bits per heavy atom. The summed E-state index contributed by atoms with van der Waals surface area (Å²) in [6, 6.07) is 11.1. The summed E-state index contributed by atoms with van der Waals surface area (Å²) in [5, 5.41) is 5.72. The molecule has 0 aliphatic rings. The van der Waals surface area contributed by atoms with E-state index in [0.717, 1.165) is 11.1 Å². The zero-order valence-corrected chi connectivity index (χ0v) is 19.3. The van der Waals surface area contributed by atoms with Crippen molar-refractivity contribution in [1.82, 2.24) is 15.3 Å². The zero-order chi connectivity index (χ0) is 24.0. The summed E-state index contributed by atoms with van der Waals surface area (Å²) in [6.07, 6.45) is 4.21. The molecule has 3 aromatic rings. The number of hydrogen-bond donors (Lipinski definition) is 3. The van der Waals surface area contributed by atoms with E-state index in [1.54, 1.807) is 81.8 Å². The van der Waals surface area contributed by atoms with E-state index in [9.17, 15) is 14.4 Å². The molecule has 2 heterocycles. The van der Waals surface area contributed by atoms with Crippen molar-refractivity contribution >= 4 is 29.3 Å². The number of carbonyl (C=O) groups excluding carboxylic acids is 2. The minimum absolute atomic E-state index is 0.0522. The summed E-state index contributed by atoms with van der Waals surface area (Å²) in [5.74, 6) is -0.571. The number of nitrogens with one attached hydrogen (secondary N) is 3. The second-order valence-electron chi connectivity index (χ2n) is 8.39. The molecule has 2 amide bonds. The van der Waals surface area contributed by atoms with Crippen molar-refractivity contribution in [3.8, 4) is 11.1 Å². The Balaban J connectivity index is 1.84. The smallest absolute Gasteiger partial charge is 0.408 e. The number of nitrogens with zero attached hydrogens (tertiary/aromatic N) is 1. The highest BCUT2D eigenvalue weighted by Gasteiger charge is 2.25. The van der Waals surface area contributed by atoms with Gasteiger partial charge in [0.2, 0.25) is 5.91 Å². The van der Waals surface area contributed by atoms with Gasteiger partial charge in [-0.05, 0) is 62.2 Å². The van der Waals surface area contributed by atoms with E-state index >= 15 is 0 Å². The molecular formula is C24H25ClN4O4. The summed E-state index contributed by atoms with van der Waals surface area (Å²) < 4.78 is 5.30. The number of hydrogen-bond acceptors (Lipinski definition) is 5. The van der Waals surface area contributed by atoms with E-state index < -0.39 is 29.2 Å². The molecule has 0 radical (unpaired) electrons. The van der Waals surface area contributed by atoms with Crippen LogP contribution in [0.3, 0.4) is 0 Å². The van der Waals surface area contributed by atoms with Gasteiger partial charge in [0.05, 0.1) is 0 Å². The number of aromatic amines is 1. The SMILES string of the molecule is CC(C)(C)OC(=O)N[C@@H](Cc1cccc(Cl)c1)C(=O)Nc1cc(-c2ccncc2)c[nH]c1=O. The van der Waals surface area contributed by atoms with Crippen LogP contribution in [0.1, 0.15) is 26.3 Å². The fourth-order valence-electron chi connectivity index (χ4n) is 3.07. The van der Waals surface area contributed by atoms with Crippen LogP contribution in [0.15, 0.2) is 65.8 Å². The van der Waals surface area contributed by atoms with E-state index in [4.69, 9.17) is 16.3 Å². The maximum Gasteiger partial charge on any atom is 0.408 e. The molecule has 9 heteroatoms. The van der Waals surface area contributed by atoms with Gasteiger partial charge in [-0.3, -0.25) is 14.6 Å². The lowest BCUT2D eigenvalue weighted by atomic mass is 10.0. The molecule has 3 rings (SSSR count). The average Bonchev–Trinajstić information content (AvgIpc) is 2.74. The fraction of sp³-hybridized carbons (Fsp3) is 0.250. The molecule has 3 N–H and O–H groups in total. The minimum atomic E-state index is -1.01. The number of alkyl carbamates (subject to hydrolysis) is 1. The van der Waals surface area contributed by atoms with E-state index in [0.29, 0.717) is 10.6 Å². The maximum absolute atomic E-state index is 13.1. The monoisotopic (exact) mass is 468 g/mol. The van der Waals surface area contributed by atoms with E-state index in [-0.39, 0.29) is 12.1 Å².